The van der Waals surface area contributed by atoms with E-state index in [4.69, 9.17) is 43.1 Å². The van der Waals surface area contributed by atoms with Crippen molar-refractivity contribution in [2.45, 2.75) is 18.4 Å². The summed E-state index contributed by atoms with van der Waals surface area (Å²) < 4.78 is 20.4. The number of halogens is 2. The van der Waals surface area contributed by atoms with Crippen LogP contribution in [0.5, 0.6) is 5.75 Å². The molecule has 1 aromatic heterocycles. The van der Waals surface area contributed by atoms with Crippen LogP contribution in [-0.4, -0.2) is 60.3 Å². The van der Waals surface area contributed by atoms with E-state index in [1.54, 1.807) is 23.1 Å². The summed E-state index contributed by atoms with van der Waals surface area (Å²) in [6.07, 6.45) is 2.77. The molecule has 2 atom stereocenters. The van der Waals surface area contributed by atoms with Gasteiger partial charge < -0.3 is 29.7 Å². The van der Waals surface area contributed by atoms with E-state index >= 15 is 0 Å². The largest absolute Gasteiger partial charge is 0.491 e. The summed E-state index contributed by atoms with van der Waals surface area (Å²) >= 11 is 12.7. The number of nitrogens with two attached hydrogens (primary N) is 1. The molecular weight excluding hydrogens is 551 g/mol. The Morgan fingerprint density at radius 3 is 2.23 bits per heavy atom. The maximum atomic E-state index is 6.55. The molecule has 2 aliphatic heterocycles. The second kappa shape index (κ2) is 11.5. The molecule has 2 N–H and O–H groups in total. The lowest BCUT2D eigenvalue weighted by molar-refractivity contribution is -0.190. The predicted molar refractivity (Wildman–Crippen MR) is 156 cm³/mol. The van der Waals surface area contributed by atoms with Crippen LogP contribution in [0.1, 0.15) is 5.56 Å². The highest BCUT2D eigenvalue weighted by Gasteiger charge is 2.45. The minimum absolute atomic E-state index is 0.283. The van der Waals surface area contributed by atoms with Crippen LogP contribution in [0.2, 0.25) is 10.0 Å². The van der Waals surface area contributed by atoms with Gasteiger partial charge in [-0.2, -0.15) is 5.10 Å². The molecule has 6 rings (SSSR count). The van der Waals surface area contributed by atoms with Gasteiger partial charge in [0.15, 0.2) is 0 Å². The molecular formula is C29H30Cl2N6O3. The number of benzene rings is 3. The van der Waals surface area contributed by atoms with Crippen LogP contribution in [0.25, 0.3) is 0 Å². The van der Waals surface area contributed by atoms with Gasteiger partial charge in [-0.05, 0) is 60.7 Å². The first kappa shape index (κ1) is 26.7. The van der Waals surface area contributed by atoms with Gasteiger partial charge in [0.2, 0.25) is 5.79 Å². The van der Waals surface area contributed by atoms with Crippen LogP contribution in [0.15, 0.2) is 79.4 Å². The van der Waals surface area contributed by atoms with Crippen molar-refractivity contribution >= 4 is 40.3 Å². The van der Waals surface area contributed by atoms with E-state index in [0.717, 1.165) is 37.6 Å². The number of piperazine rings is 1. The second-order valence-corrected chi connectivity index (χ2v) is 10.7. The smallest absolute Gasteiger partial charge is 0.217 e. The predicted octanol–water partition coefficient (Wildman–Crippen LogP) is 4.84. The average molecular weight is 582 g/mol. The van der Waals surface area contributed by atoms with E-state index in [2.05, 4.69) is 44.1 Å². The topological polar surface area (TPSA) is 90.9 Å². The normalized spacial score (nSPS) is 21.1. The lowest BCUT2D eigenvalue weighted by Gasteiger charge is -2.37. The van der Waals surface area contributed by atoms with Crippen molar-refractivity contribution in [2.24, 2.45) is 0 Å². The summed E-state index contributed by atoms with van der Waals surface area (Å²) in [6.45, 7) is 4.74. The molecule has 3 aromatic carbocycles. The van der Waals surface area contributed by atoms with Crippen LogP contribution < -0.4 is 20.3 Å². The summed E-state index contributed by atoms with van der Waals surface area (Å²) in [5.74, 6) is -0.368. The van der Waals surface area contributed by atoms with Gasteiger partial charge in [-0.25, -0.2) is 9.67 Å². The molecule has 0 bridgehead atoms. The number of nitrogens with zero attached hydrogens (tertiary/aromatic N) is 5. The first-order valence-electron chi connectivity index (χ1n) is 13.2. The number of ether oxygens (including phenoxy) is 3. The molecule has 2 fully saturated rings. The zero-order valence-corrected chi connectivity index (χ0v) is 23.3. The zero-order valence-electron chi connectivity index (χ0n) is 21.8. The number of rotatable bonds is 8. The van der Waals surface area contributed by atoms with Crippen molar-refractivity contribution in [2.75, 3.05) is 54.9 Å². The third kappa shape index (κ3) is 5.83. The van der Waals surface area contributed by atoms with Crippen LogP contribution in [0.3, 0.4) is 0 Å². The lowest BCUT2D eigenvalue weighted by Crippen LogP contribution is -2.46. The Balaban J connectivity index is 1.06. The molecule has 2 saturated heterocycles. The summed E-state index contributed by atoms with van der Waals surface area (Å²) in [5, 5.41) is 5.21. The standard InChI is InChI=1S/C29H30Cl2N6O3/c30-21-1-10-27(28(31)15-21)29(18-37-20-33-19-34-37)39-17-26(40-29)16-38-25-8-6-24(7-9-25)36-13-11-35(12-14-36)23-4-2-22(32)3-5-23/h1-10,15,19-20,26H,11-14,16-18,32H2/t26-,29-/m1/s1. The molecule has 9 nitrogen and oxygen atoms in total. The van der Waals surface area contributed by atoms with E-state index in [1.165, 1.54) is 17.7 Å². The maximum Gasteiger partial charge on any atom is 0.217 e. The Hall–Kier alpha value is -3.50. The van der Waals surface area contributed by atoms with Crippen LogP contribution in [0.4, 0.5) is 17.1 Å². The van der Waals surface area contributed by atoms with Gasteiger partial charge in [-0.1, -0.05) is 29.3 Å². The summed E-state index contributed by atoms with van der Waals surface area (Å²) in [6, 6.07) is 21.5. The van der Waals surface area contributed by atoms with E-state index in [-0.39, 0.29) is 12.6 Å². The fourth-order valence-electron chi connectivity index (χ4n) is 5.13. The molecule has 0 unspecified atom stereocenters. The second-order valence-electron chi connectivity index (χ2n) is 9.89. The first-order chi connectivity index (χ1) is 19.5. The lowest BCUT2D eigenvalue weighted by atomic mass is 10.1. The molecule has 0 amide bonds. The molecule has 0 aliphatic carbocycles. The first-order valence-corrected chi connectivity index (χ1v) is 13.9. The van der Waals surface area contributed by atoms with Crippen LogP contribution in [0, 0.1) is 0 Å². The Kier molecular flexibility index (Phi) is 7.71. The highest BCUT2D eigenvalue weighted by Crippen LogP contribution is 2.40. The van der Waals surface area contributed by atoms with Crippen molar-refractivity contribution in [3.8, 4) is 5.75 Å². The monoisotopic (exact) mass is 580 g/mol. The number of anilines is 3. The molecule has 0 saturated carbocycles. The Morgan fingerprint density at radius 1 is 0.925 bits per heavy atom. The third-order valence-corrected chi connectivity index (χ3v) is 7.76. The quantitative estimate of drug-likeness (QED) is 0.296. The Morgan fingerprint density at radius 2 is 1.60 bits per heavy atom. The molecule has 2 aliphatic rings. The van der Waals surface area contributed by atoms with Gasteiger partial charge in [0.25, 0.3) is 0 Å². The average Bonchev–Trinajstić information content (AvgIpc) is 3.63. The van der Waals surface area contributed by atoms with E-state index < -0.39 is 5.79 Å². The maximum absolute atomic E-state index is 6.55. The molecule has 11 heteroatoms. The highest BCUT2D eigenvalue weighted by atomic mass is 35.5. The Labute approximate surface area is 243 Å². The van der Waals surface area contributed by atoms with E-state index in [9.17, 15) is 0 Å². The minimum atomic E-state index is -1.14. The van der Waals surface area contributed by atoms with Gasteiger partial charge in [-0.3, -0.25) is 0 Å². The fraction of sp³-hybridized carbons (Fsp3) is 0.310. The molecule has 3 heterocycles. The summed E-state index contributed by atoms with van der Waals surface area (Å²) in [4.78, 5) is 8.81. The van der Waals surface area contributed by atoms with Gasteiger partial charge in [-0.15, -0.1) is 0 Å². The van der Waals surface area contributed by atoms with Crippen molar-refractivity contribution in [1.82, 2.24) is 14.8 Å². The SMILES string of the molecule is Nc1ccc(N2CCN(c3ccc(OC[C@@H]4CO[C@@](Cn5cncn5)(c5ccc(Cl)cc5Cl)O4)cc3)CC2)cc1. The zero-order chi connectivity index (χ0) is 27.5. The third-order valence-electron chi connectivity index (χ3n) is 7.21. The Bertz CT molecular complexity index is 1410. The molecule has 4 aromatic rings. The number of hydrogen-bond donors (Lipinski definition) is 1. The van der Waals surface area contributed by atoms with Gasteiger partial charge >= 0.3 is 0 Å². The molecule has 0 radical (unpaired) electrons. The van der Waals surface area contributed by atoms with Crippen molar-refractivity contribution in [3.63, 3.8) is 0 Å². The van der Waals surface area contributed by atoms with Crippen LogP contribution in [-0.2, 0) is 21.8 Å². The summed E-state index contributed by atoms with van der Waals surface area (Å²) in [5.41, 5.74) is 9.68. The molecule has 0 spiro atoms. The number of hydrogen-bond acceptors (Lipinski definition) is 8. The minimum Gasteiger partial charge on any atom is -0.491 e. The van der Waals surface area contributed by atoms with Gasteiger partial charge in [0, 0.05) is 53.8 Å². The van der Waals surface area contributed by atoms with E-state index in [0.29, 0.717) is 28.8 Å². The number of nitrogen functional groups attached to an aromatic ring is 1. The van der Waals surface area contributed by atoms with Crippen LogP contribution >= 0.6 is 23.2 Å². The van der Waals surface area contributed by atoms with Gasteiger partial charge in [0.1, 0.15) is 37.7 Å². The number of aromatic nitrogens is 3. The van der Waals surface area contributed by atoms with Crippen molar-refractivity contribution in [3.05, 3.63) is 95.0 Å². The molecule has 40 heavy (non-hydrogen) atoms. The summed E-state index contributed by atoms with van der Waals surface area (Å²) in [7, 11) is 0. The highest BCUT2D eigenvalue weighted by molar-refractivity contribution is 6.35. The fourth-order valence-corrected chi connectivity index (χ4v) is 5.69. The van der Waals surface area contributed by atoms with Crippen molar-refractivity contribution in [1.29, 1.82) is 0 Å². The molecule has 208 valence electrons. The van der Waals surface area contributed by atoms with Crippen molar-refractivity contribution < 1.29 is 14.2 Å². The van der Waals surface area contributed by atoms with Gasteiger partial charge in [0.05, 0.1) is 11.6 Å². The van der Waals surface area contributed by atoms with E-state index in [1.807, 2.05) is 30.3 Å².